The highest BCUT2D eigenvalue weighted by atomic mass is 16.5. The molecule has 3 rings (SSSR count). The summed E-state index contributed by atoms with van der Waals surface area (Å²) in [7, 11) is 0. The molecule has 1 aromatic carbocycles. The van der Waals surface area contributed by atoms with Gasteiger partial charge in [-0.3, -0.25) is 4.79 Å². The first-order valence-corrected chi connectivity index (χ1v) is 6.75. The monoisotopic (exact) mass is 288 g/mol. The van der Waals surface area contributed by atoms with Gasteiger partial charge in [-0.2, -0.15) is 0 Å². The minimum atomic E-state index is -1.06. The molecule has 21 heavy (non-hydrogen) atoms. The van der Waals surface area contributed by atoms with Crippen LogP contribution in [0.3, 0.4) is 0 Å². The Kier molecular flexibility index (Phi) is 3.22. The van der Waals surface area contributed by atoms with Crippen molar-refractivity contribution in [2.75, 3.05) is 0 Å². The fraction of sp³-hybridized carbons (Fsp3) is 0.312. The number of carbonyl (C=O) groups excluding carboxylic acids is 1. The summed E-state index contributed by atoms with van der Waals surface area (Å²) in [5, 5.41) is 28.9. The maximum Gasteiger partial charge on any atom is 0.150 e. The Morgan fingerprint density at radius 2 is 2.05 bits per heavy atom. The molecule has 5 nitrogen and oxygen atoms in total. The molecule has 3 unspecified atom stereocenters. The Morgan fingerprint density at radius 1 is 1.29 bits per heavy atom. The van der Waals surface area contributed by atoms with Gasteiger partial charge in [0.2, 0.25) is 0 Å². The van der Waals surface area contributed by atoms with Gasteiger partial charge in [0.25, 0.3) is 0 Å². The number of fused-ring (bicyclic) bond motifs is 1. The van der Waals surface area contributed by atoms with Gasteiger partial charge < -0.3 is 20.1 Å². The van der Waals surface area contributed by atoms with Crippen LogP contribution in [0.15, 0.2) is 41.9 Å². The fourth-order valence-electron chi connectivity index (χ4n) is 2.89. The number of aliphatic hydroxyl groups is 2. The van der Waals surface area contributed by atoms with E-state index in [4.69, 9.17) is 4.74 Å². The number of rotatable bonds is 1. The van der Waals surface area contributed by atoms with Crippen LogP contribution in [0.1, 0.15) is 23.7 Å². The van der Waals surface area contributed by atoms with Crippen molar-refractivity contribution in [3.8, 4) is 5.75 Å². The third-order valence-corrected chi connectivity index (χ3v) is 3.89. The normalized spacial score (nSPS) is 28.3. The molecule has 1 saturated heterocycles. The highest BCUT2D eigenvalue weighted by molar-refractivity contribution is 5.86. The van der Waals surface area contributed by atoms with Crippen LogP contribution >= 0.6 is 0 Å². The maximum atomic E-state index is 12.3. The molecule has 0 amide bonds. The minimum absolute atomic E-state index is 0.107. The lowest BCUT2D eigenvalue weighted by atomic mass is 9.84. The van der Waals surface area contributed by atoms with E-state index in [2.05, 4.69) is 0 Å². The van der Waals surface area contributed by atoms with Crippen molar-refractivity contribution in [3.05, 3.63) is 53.0 Å². The van der Waals surface area contributed by atoms with Crippen molar-refractivity contribution in [3.63, 3.8) is 0 Å². The third-order valence-electron chi connectivity index (χ3n) is 3.89. The molecule has 1 fully saturated rings. The molecule has 0 bridgehead atoms. The van der Waals surface area contributed by atoms with E-state index in [-0.39, 0.29) is 29.5 Å². The molecule has 2 aliphatic rings. The van der Waals surface area contributed by atoms with E-state index in [0.29, 0.717) is 0 Å². The number of Topliss-reactive ketones (excluding diaryl/α,β-unsaturated/α-hetero) is 1. The van der Waals surface area contributed by atoms with Gasteiger partial charge in [0.1, 0.15) is 29.3 Å². The lowest BCUT2D eigenvalue weighted by Gasteiger charge is -2.35. The highest BCUT2D eigenvalue weighted by Crippen LogP contribution is 2.40. The summed E-state index contributed by atoms with van der Waals surface area (Å²) < 4.78 is 5.81. The van der Waals surface area contributed by atoms with Crippen LogP contribution < -0.4 is 0 Å². The summed E-state index contributed by atoms with van der Waals surface area (Å²) in [5.74, 6) is -0.527. The van der Waals surface area contributed by atoms with Crippen LogP contribution in [0.4, 0.5) is 0 Å². The number of hydrogen-bond acceptors (Lipinski definition) is 5. The molecule has 110 valence electrons. The van der Waals surface area contributed by atoms with E-state index in [1.807, 2.05) is 6.92 Å². The van der Waals surface area contributed by atoms with E-state index < -0.39 is 18.1 Å². The summed E-state index contributed by atoms with van der Waals surface area (Å²) in [6.45, 7) is 1.83. The second kappa shape index (κ2) is 4.93. The van der Waals surface area contributed by atoms with Crippen LogP contribution in [0.5, 0.6) is 5.75 Å². The zero-order valence-electron chi connectivity index (χ0n) is 11.5. The van der Waals surface area contributed by atoms with Crippen molar-refractivity contribution >= 4 is 5.78 Å². The molecule has 0 radical (unpaired) electrons. The van der Waals surface area contributed by atoms with Crippen molar-refractivity contribution in [2.24, 2.45) is 5.92 Å². The standard InChI is InChI=1S/C16H16O5/c1-8-4-9(17)2-3-11(8)14-7-13(20)16-12(19)5-10(18)6-15(16)21-14/h2-6,12,14,16-19H,7H2,1H3. The van der Waals surface area contributed by atoms with E-state index in [9.17, 15) is 20.1 Å². The van der Waals surface area contributed by atoms with E-state index in [1.54, 1.807) is 18.2 Å². The first-order chi connectivity index (χ1) is 9.95. The number of ether oxygens (including phenoxy) is 1. The third kappa shape index (κ3) is 2.40. The van der Waals surface area contributed by atoms with Crippen LogP contribution in [-0.4, -0.2) is 27.2 Å². The largest absolute Gasteiger partial charge is 0.508 e. The summed E-state index contributed by atoms with van der Waals surface area (Å²) in [6.07, 6.45) is 1.23. The molecule has 1 aromatic rings. The fourth-order valence-corrected chi connectivity index (χ4v) is 2.89. The average molecular weight is 288 g/mol. The topological polar surface area (TPSA) is 87.0 Å². The van der Waals surface area contributed by atoms with Gasteiger partial charge in [0.15, 0.2) is 5.78 Å². The predicted octanol–water partition coefficient (Wildman–Crippen LogP) is 2.05. The number of aromatic hydroxyl groups is 1. The van der Waals surface area contributed by atoms with Crippen molar-refractivity contribution in [1.82, 2.24) is 0 Å². The van der Waals surface area contributed by atoms with Crippen LogP contribution in [0.2, 0.25) is 0 Å². The van der Waals surface area contributed by atoms with Gasteiger partial charge in [0, 0.05) is 12.5 Å². The number of phenolic OH excluding ortho intramolecular Hbond substituents is 1. The Hall–Kier alpha value is -2.27. The summed E-state index contributed by atoms with van der Waals surface area (Å²) in [4.78, 5) is 12.3. The molecule has 3 atom stereocenters. The number of benzene rings is 1. The Balaban J connectivity index is 1.94. The quantitative estimate of drug-likeness (QED) is 0.736. The number of aliphatic hydroxyl groups excluding tert-OH is 2. The van der Waals surface area contributed by atoms with Gasteiger partial charge in [-0.05, 0) is 36.3 Å². The van der Waals surface area contributed by atoms with E-state index in [1.165, 1.54) is 12.2 Å². The number of hydrogen-bond donors (Lipinski definition) is 3. The first-order valence-electron chi connectivity index (χ1n) is 6.75. The average Bonchev–Trinajstić information content (AvgIpc) is 2.36. The number of ketones is 1. The lowest BCUT2D eigenvalue weighted by molar-refractivity contribution is -0.133. The molecule has 0 aromatic heterocycles. The molecular weight excluding hydrogens is 272 g/mol. The molecule has 1 aliphatic heterocycles. The Labute approximate surface area is 121 Å². The van der Waals surface area contributed by atoms with Gasteiger partial charge in [0.05, 0.1) is 6.10 Å². The zero-order valence-corrected chi connectivity index (χ0v) is 11.5. The molecule has 1 heterocycles. The SMILES string of the molecule is Cc1cc(O)ccc1C1CC(=O)C2C(=CC(O)=CC2O)O1. The number of phenols is 1. The smallest absolute Gasteiger partial charge is 0.150 e. The highest BCUT2D eigenvalue weighted by Gasteiger charge is 2.40. The van der Waals surface area contributed by atoms with Gasteiger partial charge in [-0.25, -0.2) is 0 Å². The van der Waals surface area contributed by atoms with Crippen molar-refractivity contribution in [2.45, 2.75) is 25.6 Å². The van der Waals surface area contributed by atoms with Crippen LogP contribution in [0, 0.1) is 12.8 Å². The van der Waals surface area contributed by atoms with Gasteiger partial charge in [-0.15, -0.1) is 0 Å². The van der Waals surface area contributed by atoms with Crippen molar-refractivity contribution in [1.29, 1.82) is 0 Å². The molecule has 0 spiro atoms. The Bertz CT molecular complexity index is 659. The summed E-state index contributed by atoms with van der Waals surface area (Å²) in [5.41, 5.74) is 1.63. The minimum Gasteiger partial charge on any atom is -0.508 e. The number of aryl methyl sites for hydroxylation is 1. The maximum absolute atomic E-state index is 12.3. The second-order valence-corrected chi connectivity index (χ2v) is 5.42. The zero-order chi connectivity index (χ0) is 15.1. The number of allylic oxidation sites excluding steroid dienone is 1. The summed E-state index contributed by atoms with van der Waals surface area (Å²) in [6, 6.07) is 4.87. The Morgan fingerprint density at radius 3 is 2.76 bits per heavy atom. The first kappa shape index (κ1) is 13.7. The molecular formula is C16H16O5. The van der Waals surface area contributed by atoms with E-state index in [0.717, 1.165) is 11.1 Å². The van der Waals surface area contributed by atoms with Gasteiger partial charge in [-0.1, -0.05) is 6.07 Å². The molecule has 3 N–H and O–H groups in total. The van der Waals surface area contributed by atoms with Gasteiger partial charge >= 0.3 is 0 Å². The molecule has 0 saturated carbocycles. The molecule has 1 aliphatic carbocycles. The summed E-state index contributed by atoms with van der Waals surface area (Å²) >= 11 is 0. The van der Waals surface area contributed by atoms with E-state index >= 15 is 0 Å². The van der Waals surface area contributed by atoms with Crippen molar-refractivity contribution < 1.29 is 24.9 Å². The second-order valence-electron chi connectivity index (χ2n) is 5.42. The number of carbonyl (C=O) groups is 1. The van der Waals surface area contributed by atoms with Crippen LogP contribution in [-0.2, 0) is 9.53 Å². The van der Waals surface area contributed by atoms with Crippen LogP contribution in [0.25, 0.3) is 0 Å². The predicted molar refractivity (Wildman–Crippen MR) is 74.6 cm³/mol. The molecule has 5 heteroatoms. The lowest BCUT2D eigenvalue weighted by Crippen LogP contribution is -2.37.